The van der Waals surface area contributed by atoms with E-state index < -0.39 is 20.9 Å². The summed E-state index contributed by atoms with van der Waals surface area (Å²) in [5, 5.41) is 13.5. The first-order chi connectivity index (χ1) is 14.8. The Kier molecular flexibility index (Phi) is 6.78. The van der Waals surface area contributed by atoms with E-state index in [0.29, 0.717) is 17.7 Å². The molecule has 3 aromatic carbocycles. The number of sulfonamides is 1. The van der Waals surface area contributed by atoms with Gasteiger partial charge in [0, 0.05) is 29.4 Å². The summed E-state index contributed by atoms with van der Waals surface area (Å²) in [5.41, 5.74) is 2.02. The summed E-state index contributed by atoms with van der Waals surface area (Å²) in [6.07, 6.45) is 0.572. The van der Waals surface area contributed by atoms with E-state index in [1.807, 2.05) is 30.3 Å². The zero-order valence-corrected chi connectivity index (χ0v) is 17.6. The minimum absolute atomic E-state index is 0.0640. The second kappa shape index (κ2) is 9.50. The molecule has 0 heterocycles. The van der Waals surface area contributed by atoms with Crippen molar-refractivity contribution in [2.75, 3.05) is 11.9 Å². The van der Waals surface area contributed by atoms with E-state index >= 15 is 0 Å². The zero-order chi connectivity index (χ0) is 22.4. The lowest BCUT2D eigenvalue weighted by molar-refractivity contribution is -0.385. The van der Waals surface area contributed by atoms with E-state index in [1.165, 1.54) is 42.5 Å². The van der Waals surface area contributed by atoms with Crippen LogP contribution in [0.2, 0.25) is 0 Å². The van der Waals surface area contributed by atoms with Crippen LogP contribution in [0.5, 0.6) is 0 Å². The maximum Gasteiger partial charge on any atom is 0.272 e. The first kappa shape index (κ1) is 22.1. The fraction of sp³-hybridized carbons (Fsp3) is 0.136. The van der Waals surface area contributed by atoms with Crippen molar-refractivity contribution in [3.05, 3.63) is 99.6 Å². The Labute approximate surface area is 180 Å². The van der Waals surface area contributed by atoms with Gasteiger partial charge in [-0.2, -0.15) is 0 Å². The van der Waals surface area contributed by atoms with Gasteiger partial charge in [0.1, 0.15) is 0 Å². The summed E-state index contributed by atoms with van der Waals surface area (Å²) >= 11 is 0. The van der Waals surface area contributed by atoms with E-state index in [4.69, 9.17) is 0 Å². The van der Waals surface area contributed by atoms with E-state index in [2.05, 4.69) is 10.0 Å². The van der Waals surface area contributed by atoms with Crippen LogP contribution in [0.1, 0.15) is 21.5 Å². The summed E-state index contributed by atoms with van der Waals surface area (Å²) in [7, 11) is -3.67. The average Bonchev–Trinajstić information content (AvgIpc) is 2.74. The summed E-state index contributed by atoms with van der Waals surface area (Å²) in [4.78, 5) is 22.9. The first-order valence-corrected chi connectivity index (χ1v) is 10.9. The van der Waals surface area contributed by atoms with E-state index in [1.54, 1.807) is 6.92 Å². The average molecular weight is 439 g/mol. The Bertz CT molecular complexity index is 1190. The van der Waals surface area contributed by atoms with Crippen molar-refractivity contribution in [3.63, 3.8) is 0 Å². The van der Waals surface area contributed by atoms with Crippen molar-refractivity contribution >= 4 is 27.3 Å². The van der Waals surface area contributed by atoms with E-state index in [9.17, 15) is 23.3 Å². The van der Waals surface area contributed by atoms with E-state index in [-0.39, 0.29) is 22.7 Å². The molecule has 0 aliphatic carbocycles. The molecule has 3 aromatic rings. The molecule has 8 nitrogen and oxygen atoms in total. The Balaban J connectivity index is 1.62. The molecular formula is C22H21N3O5S. The number of nitro groups is 1. The molecule has 2 N–H and O–H groups in total. The minimum Gasteiger partial charge on any atom is -0.322 e. The van der Waals surface area contributed by atoms with Crippen LogP contribution in [0.25, 0.3) is 0 Å². The van der Waals surface area contributed by atoms with Gasteiger partial charge >= 0.3 is 0 Å². The minimum atomic E-state index is -3.67. The largest absolute Gasteiger partial charge is 0.322 e. The number of amides is 1. The highest BCUT2D eigenvalue weighted by Gasteiger charge is 2.16. The quantitative estimate of drug-likeness (QED) is 0.410. The number of carbonyl (C=O) groups excluding carboxylic acids is 1. The lowest BCUT2D eigenvalue weighted by Crippen LogP contribution is -2.26. The lowest BCUT2D eigenvalue weighted by atomic mass is 10.1. The third-order valence-electron chi connectivity index (χ3n) is 4.63. The van der Waals surface area contributed by atoms with Gasteiger partial charge in [-0.25, -0.2) is 13.1 Å². The molecule has 0 bridgehead atoms. The van der Waals surface area contributed by atoms with Crippen molar-refractivity contribution < 1.29 is 18.1 Å². The molecule has 3 rings (SSSR count). The molecule has 31 heavy (non-hydrogen) atoms. The number of aryl methyl sites for hydroxylation is 1. The van der Waals surface area contributed by atoms with Crippen molar-refractivity contribution in [2.45, 2.75) is 18.2 Å². The number of benzene rings is 3. The lowest BCUT2D eigenvalue weighted by Gasteiger charge is -2.09. The number of carbonyl (C=O) groups is 1. The second-order valence-electron chi connectivity index (χ2n) is 6.87. The molecule has 0 saturated heterocycles. The number of rotatable bonds is 8. The zero-order valence-electron chi connectivity index (χ0n) is 16.7. The number of hydrogen-bond acceptors (Lipinski definition) is 5. The Morgan fingerprint density at radius 1 is 1.00 bits per heavy atom. The molecule has 9 heteroatoms. The van der Waals surface area contributed by atoms with Crippen LogP contribution in [-0.2, 0) is 16.4 Å². The van der Waals surface area contributed by atoms with Gasteiger partial charge in [-0.15, -0.1) is 0 Å². The molecule has 160 valence electrons. The standard InChI is InChI=1S/C22H21N3O5S/c1-16-15-18(7-12-21(16)25(27)28)22(26)24-19-8-10-20(11-9-19)31(29,30)23-14-13-17-5-3-2-4-6-17/h2-12,15,23H,13-14H2,1H3,(H,24,26). The summed E-state index contributed by atoms with van der Waals surface area (Å²) in [5.74, 6) is -0.449. The molecule has 0 aliphatic heterocycles. The maximum absolute atomic E-state index is 12.4. The predicted octanol–water partition coefficient (Wildman–Crippen LogP) is 3.68. The van der Waals surface area contributed by atoms with Gasteiger partial charge in [-0.1, -0.05) is 30.3 Å². The highest BCUT2D eigenvalue weighted by molar-refractivity contribution is 7.89. The third-order valence-corrected chi connectivity index (χ3v) is 6.10. The molecule has 0 aliphatic rings. The van der Waals surface area contributed by atoms with Gasteiger partial charge in [-0.05, 0) is 55.3 Å². The molecular weight excluding hydrogens is 418 g/mol. The van der Waals surface area contributed by atoms with Gasteiger partial charge in [0.25, 0.3) is 11.6 Å². The van der Waals surface area contributed by atoms with Crippen LogP contribution in [-0.4, -0.2) is 25.8 Å². The number of hydrogen-bond donors (Lipinski definition) is 2. The van der Waals surface area contributed by atoms with Gasteiger partial charge < -0.3 is 5.32 Å². The molecule has 0 saturated carbocycles. The van der Waals surface area contributed by atoms with Crippen molar-refractivity contribution in [1.82, 2.24) is 4.72 Å². The Morgan fingerprint density at radius 2 is 1.68 bits per heavy atom. The Morgan fingerprint density at radius 3 is 2.29 bits per heavy atom. The smallest absolute Gasteiger partial charge is 0.272 e. The molecule has 0 radical (unpaired) electrons. The maximum atomic E-state index is 12.4. The molecule has 0 unspecified atom stereocenters. The molecule has 0 fully saturated rings. The van der Waals surface area contributed by atoms with Gasteiger partial charge in [0.15, 0.2) is 0 Å². The van der Waals surface area contributed by atoms with Crippen LogP contribution in [0.3, 0.4) is 0 Å². The topological polar surface area (TPSA) is 118 Å². The SMILES string of the molecule is Cc1cc(C(=O)Nc2ccc(S(=O)(=O)NCCc3ccccc3)cc2)ccc1[N+](=O)[O-]. The van der Waals surface area contributed by atoms with Crippen LogP contribution in [0.15, 0.2) is 77.7 Å². The number of nitrogens with one attached hydrogen (secondary N) is 2. The summed E-state index contributed by atoms with van der Waals surface area (Å²) < 4.78 is 27.5. The molecule has 0 atom stereocenters. The number of nitro benzene ring substituents is 1. The fourth-order valence-corrected chi connectivity index (χ4v) is 4.01. The third kappa shape index (κ3) is 5.74. The van der Waals surface area contributed by atoms with Gasteiger partial charge in [-0.3, -0.25) is 14.9 Å². The molecule has 0 aromatic heterocycles. The van der Waals surface area contributed by atoms with Crippen LogP contribution >= 0.6 is 0 Å². The van der Waals surface area contributed by atoms with Crippen LogP contribution < -0.4 is 10.0 Å². The summed E-state index contributed by atoms with van der Waals surface area (Å²) in [6.45, 7) is 1.82. The fourth-order valence-electron chi connectivity index (χ4n) is 2.98. The van der Waals surface area contributed by atoms with Crippen LogP contribution in [0.4, 0.5) is 11.4 Å². The Hall–Kier alpha value is -3.56. The van der Waals surface area contributed by atoms with Crippen molar-refractivity contribution in [3.8, 4) is 0 Å². The monoisotopic (exact) mass is 439 g/mol. The second-order valence-corrected chi connectivity index (χ2v) is 8.64. The predicted molar refractivity (Wildman–Crippen MR) is 118 cm³/mol. The number of nitrogens with zero attached hydrogens (tertiary/aromatic N) is 1. The first-order valence-electron chi connectivity index (χ1n) is 9.46. The van der Waals surface area contributed by atoms with Crippen molar-refractivity contribution in [1.29, 1.82) is 0 Å². The molecule has 0 spiro atoms. The van der Waals surface area contributed by atoms with Crippen molar-refractivity contribution in [2.24, 2.45) is 0 Å². The van der Waals surface area contributed by atoms with Gasteiger partial charge in [0.05, 0.1) is 9.82 Å². The van der Waals surface area contributed by atoms with Crippen LogP contribution in [0, 0.1) is 17.0 Å². The van der Waals surface area contributed by atoms with Gasteiger partial charge in [0.2, 0.25) is 10.0 Å². The highest BCUT2D eigenvalue weighted by atomic mass is 32.2. The molecule has 1 amide bonds. The van der Waals surface area contributed by atoms with E-state index in [0.717, 1.165) is 5.56 Å². The highest BCUT2D eigenvalue weighted by Crippen LogP contribution is 2.20. The summed E-state index contributed by atoms with van der Waals surface area (Å²) in [6, 6.07) is 19.4. The number of anilines is 1. The normalized spacial score (nSPS) is 11.1.